The molecule has 1 aliphatic rings. The molecule has 0 spiro atoms. The van der Waals surface area contributed by atoms with Crippen LogP contribution < -0.4 is 10.1 Å². The van der Waals surface area contributed by atoms with Gasteiger partial charge in [0, 0.05) is 11.6 Å². The summed E-state index contributed by atoms with van der Waals surface area (Å²) in [5, 5.41) is 12.9. The molecule has 2 atom stereocenters. The van der Waals surface area contributed by atoms with Crippen molar-refractivity contribution in [2.45, 2.75) is 32.5 Å². The van der Waals surface area contributed by atoms with Gasteiger partial charge in [-0.2, -0.15) is 0 Å². The van der Waals surface area contributed by atoms with Crippen molar-refractivity contribution in [2.24, 2.45) is 0 Å². The fourth-order valence-electron chi connectivity index (χ4n) is 2.83. The highest BCUT2D eigenvalue weighted by Crippen LogP contribution is 2.34. The summed E-state index contributed by atoms with van der Waals surface area (Å²) in [6.07, 6.45) is 0. The zero-order valence-corrected chi connectivity index (χ0v) is 12.5. The quantitative estimate of drug-likeness (QED) is 0.905. The normalized spacial score (nSPS) is 18.1. The van der Waals surface area contributed by atoms with E-state index in [2.05, 4.69) is 37.4 Å². The molecule has 3 nitrogen and oxygen atoms in total. The molecule has 0 amide bonds. The van der Waals surface area contributed by atoms with Crippen molar-refractivity contribution < 1.29 is 9.84 Å². The molecule has 1 aliphatic heterocycles. The van der Waals surface area contributed by atoms with E-state index in [1.807, 2.05) is 24.3 Å². The minimum Gasteiger partial charge on any atom is -0.491 e. The molecule has 2 aromatic rings. The van der Waals surface area contributed by atoms with Gasteiger partial charge in [-0.05, 0) is 31.0 Å². The van der Waals surface area contributed by atoms with E-state index in [0.717, 1.165) is 11.3 Å². The van der Waals surface area contributed by atoms with Crippen LogP contribution in [-0.4, -0.2) is 11.7 Å². The number of rotatable bonds is 4. The first-order valence-electron chi connectivity index (χ1n) is 7.36. The predicted octanol–water partition coefficient (Wildman–Crippen LogP) is 3.27. The van der Waals surface area contributed by atoms with Crippen molar-refractivity contribution in [3.05, 3.63) is 64.7 Å². The maximum Gasteiger partial charge on any atom is 0.124 e. The van der Waals surface area contributed by atoms with Crippen LogP contribution in [0.1, 0.15) is 41.3 Å². The Bertz CT molecular complexity index is 639. The van der Waals surface area contributed by atoms with Crippen LogP contribution in [0.25, 0.3) is 0 Å². The average molecular weight is 283 g/mol. The van der Waals surface area contributed by atoms with Crippen LogP contribution in [0.2, 0.25) is 0 Å². The van der Waals surface area contributed by atoms with Crippen LogP contribution in [0, 0.1) is 6.92 Å². The van der Waals surface area contributed by atoms with E-state index in [-0.39, 0.29) is 18.7 Å². The van der Waals surface area contributed by atoms with E-state index >= 15 is 0 Å². The second-order valence-electron chi connectivity index (χ2n) is 5.70. The van der Waals surface area contributed by atoms with E-state index in [0.29, 0.717) is 6.61 Å². The summed E-state index contributed by atoms with van der Waals surface area (Å²) in [4.78, 5) is 0. The highest BCUT2D eigenvalue weighted by atomic mass is 16.5. The van der Waals surface area contributed by atoms with Gasteiger partial charge in [0.2, 0.25) is 0 Å². The first-order valence-corrected chi connectivity index (χ1v) is 7.36. The van der Waals surface area contributed by atoms with Crippen LogP contribution in [0.3, 0.4) is 0 Å². The molecule has 0 bridgehead atoms. The molecule has 3 rings (SSSR count). The van der Waals surface area contributed by atoms with Crippen molar-refractivity contribution in [1.29, 1.82) is 0 Å². The lowest BCUT2D eigenvalue weighted by molar-refractivity contribution is 0.281. The van der Waals surface area contributed by atoms with Crippen LogP contribution in [-0.2, 0) is 6.61 Å². The lowest BCUT2D eigenvalue weighted by atomic mass is 10.0. The molecule has 0 saturated heterocycles. The topological polar surface area (TPSA) is 41.5 Å². The van der Waals surface area contributed by atoms with E-state index < -0.39 is 0 Å². The smallest absolute Gasteiger partial charge is 0.124 e. The number of hydrogen-bond acceptors (Lipinski definition) is 3. The van der Waals surface area contributed by atoms with Crippen LogP contribution in [0.4, 0.5) is 0 Å². The van der Waals surface area contributed by atoms with Gasteiger partial charge in [0.15, 0.2) is 0 Å². The number of nitrogens with one attached hydrogen (secondary N) is 1. The average Bonchev–Trinajstić information content (AvgIpc) is 2.89. The van der Waals surface area contributed by atoms with Gasteiger partial charge in [-0.15, -0.1) is 0 Å². The largest absolute Gasteiger partial charge is 0.491 e. The number of ether oxygens (including phenoxy) is 1. The Balaban J connectivity index is 1.77. The Labute approximate surface area is 125 Å². The molecule has 0 saturated carbocycles. The zero-order chi connectivity index (χ0) is 14.8. The summed E-state index contributed by atoms with van der Waals surface area (Å²) in [5.41, 5.74) is 4.61. The molecule has 0 radical (unpaired) electrons. The molecule has 2 N–H and O–H groups in total. The molecule has 21 heavy (non-hydrogen) atoms. The molecular weight excluding hydrogens is 262 g/mol. The van der Waals surface area contributed by atoms with Crippen molar-refractivity contribution in [3.8, 4) is 5.75 Å². The molecule has 0 aromatic heterocycles. The Morgan fingerprint density at radius 2 is 2.14 bits per heavy atom. The minimum absolute atomic E-state index is 0.0785. The van der Waals surface area contributed by atoms with Crippen LogP contribution in [0.15, 0.2) is 42.5 Å². The lowest BCUT2D eigenvalue weighted by Gasteiger charge is -2.20. The summed E-state index contributed by atoms with van der Waals surface area (Å²) in [6, 6.07) is 14.8. The van der Waals surface area contributed by atoms with Gasteiger partial charge in [-0.3, -0.25) is 0 Å². The SMILES string of the molecule is Cc1ccc2c(c1)C(NC(C)c1cccc(CO)c1)CO2. The Morgan fingerprint density at radius 1 is 1.29 bits per heavy atom. The highest BCUT2D eigenvalue weighted by molar-refractivity contribution is 5.42. The standard InChI is InChI=1S/C18H21NO2/c1-12-6-7-18-16(8-12)17(11-21-18)19-13(2)15-5-3-4-14(9-15)10-20/h3-9,13,17,19-20H,10-11H2,1-2H3. The van der Waals surface area contributed by atoms with Gasteiger partial charge in [0.25, 0.3) is 0 Å². The third-order valence-corrected chi connectivity index (χ3v) is 4.03. The van der Waals surface area contributed by atoms with Gasteiger partial charge >= 0.3 is 0 Å². The molecule has 110 valence electrons. The Hall–Kier alpha value is -1.84. The number of aryl methyl sites for hydroxylation is 1. The Kier molecular flexibility index (Phi) is 3.95. The highest BCUT2D eigenvalue weighted by Gasteiger charge is 2.25. The second-order valence-corrected chi connectivity index (χ2v) is 5.70. The van der Waals surface area contributed by atoms with E-state index in [9.17, 15) is 5.11 Å². The molecular formula is C18H21NO2. The van der Waals surface area contributed by atoms with E-state index in [1.54, 1.807) is 0 Å². The number of hydrogen-bond donors (Lipinski definition) is 2. The molecule has 2 unspecified atom stereocenters. The number of aliphatic hydroxyl groups excluding tert-OH is 1. The Morgan fingerprint density at radius 3 is 2.95 bits per heavy atom. The summed E-state index contributed by atoms with van der Waals surface area (Å²) < 4.78 is 5.75. The molecule has 0 aliphatic carbocycles. The van der Waals surface area contributed by atoms with Gasteiger partial charge in [-0.1, -0.05) is 42.0 Å². The van der Waals surface area contributed by atoms with Crippen molar-refractivity contribution in [2.75, 3.05) is 6.61 Å². The fraction of sp³-hybridized carbons (Fsp3) is 0.333. The van der Waals surface area contributed by atoms with Gasteiger partial charge in [0.1, 0.15) is 12.4 Å². The summed E-state index contributed by atoms with van der Waals surface area (Å²) >= 11 is 0. The first-order chi connectivity index (χ1) is 10.2. The van der Waals surface area contributed by atoms with E-state index in [1.165, 1.54) is 16.7 Å². The number of benzene rings is 2. The number of fused-ring (bicyclic) bond motifs is 1. The van der Waals surface area contributed by atoms with Crippen molar-refractivity contribution in [3.63, 3.8) is 0 Å². The fourth-order valence-corrected chi connectivity index (χ4v) is 2.83. The molecule has 3 heteroatoms. The zero-order valence-electron chi connectivity index (χ0n) is 12.5. The first kappa shape index (κ1) is 14.1. The van der Waals surface area contributed by atoms with Gasteiger partial charge < -0.3 is 15.2 Å². The molecule has 0 fully saturated rings. The third-order valence-electron chi connectivity index (χ3n) is 4.03. The molecule has 1 heterocycles. The summed E-state index contributed by atoms with van der Waals surface area (Å²) in [5.74, 6) is 0.981. The van der Waals surface area contributed by atoms with Crippen molar-refractivity contribution >= 4 is 0 Å². The third kappa shape index (κ3) is 2.94. The van der Waals surface area contributed by atoms with Crippen molar-refractivity contribution in [1.82, 2.24) is 5.32 Å². The summed E-state index contributed by atoms with van der Waals surface area (Å²) in [7, 11) is 0. The maximum absolute atomic E-state index is 9.25. The monoisotopic (exact) mass is 283 g/mol. The predicted molar refractivity (Wildman–Crippen MR) is 83.3 cm³/mol. The lowest BCUT2D eigenvalue weighted by Crippen LogP contribution is -2.25. The van der Waals surface area contributed by atoms with Crippen LogP contribution in [0.5, 0.6) is 5.75 Å². The van der Waals surface area contributed by atoms with E-state index in [4.69, 9.17) is 4.74 Å². The van der Waals surface area contributed by atoms with Crippen LogP contribution >= 0.6 is 0 Å². The molecule has 2 aromatic carbocycles. The summed E-state index contributed by atoms with van der Waals surface area (Å²) in [6.45, 7) is 4.99. The van der Waals surface area contributed by atoms with Gasteiger partial charge in [0.05, 0.1) is 12.6 Å². The maximum atomic E-state index is 9.25. The number of aliphatic hydroxyl groups is 1. The minimum atomic E-state index is 0.0785. The van der Waals surface area contributed by atoms with Gasteiger partial charge in [-0.25, -0.2) is 0 Å². The second kappa shape index (κ2) is 5.88.